The molecule has 0 aliphatic rings. The Morgan fingerprint density at radius 2 is 2.21 bits per heavy atom. The largest absolute Gasteiger partial charge is 0.313 e. The van der Waals surface area contributed by atoms with Crippen LogP contribution < -0.4 is 5.73 Å². The highest BCUT2D eigenvalue weighted by Crippen LogP contribution is 2.28. The average Bonchev–Trinajstić information content (AvgIpc) is 2.17. The van der Waals surface area contributed by atoms with Gasteiger partial charge in [-0.15, -0.1) is 11.8 Å². The molecule has 4 heteroatoms. The molecule has 0 bridgehead atoms. The number of rotatable bonds is 3. The van der Waals surface area contributed by atoms with Crippen LogP contribution >= 0.6 is 27.7 Å². The summed E-state index contributed by atoms with van der Waals surface area (Å²) >= 11 is 5.03. The van der Waals surface area contributed by atoms with Crippen LogP contribution in [0, 0.1) is 11.3 Å². The van der Waals surface area contributed by atoms with E-state index in [1.165, 1.54) is 0 Å². The Kier molecular flexibility index (Phi) is 3.99. The molecule has 14 heavy (non-hydrogen) atoms. The van der Waals surface area contributed by atoms with Crippen molar-refractivity contribution in [2.24, 2.45) is 5.73 Å². The van der Waals surface area contributed by atoms with E-state index in [4.69, 9.17) is 11.0 Å². The molecular formula is C10H11BrN2S. The molecule has 1 unspecified atom stereocenters. The van der Waals surface area contributed by atoms with Gasteiger partial charge in [0.15, 0.2) is 0 Å². The maximum Gasteiger partial charge on any atom is 0.110 e. The average molecular weight is 271 g/mol. The van der Waals surface area contributed by atoms with Gasteiger partial charge in [-0.25, -0.2) is 0 Å². The SMILES string of the molecule is CC(N)(C#N)CSc1ccccc1Br. The summed E-state index contributed by atoms with van der Waals surface area (Å²) in [5.74, 6) is 0.589. The van der Waals surface area contributed by atoms with Crippen LogP contribution in [-0.2, 0) is 0 Å². The summed E-state index contributed by atoms with van der Waals surface area (Å²) in [6.07, 6.45) is 0. The molecule has 1 atom stereocenters. The van der Waals surface area contributed by atoms with Gasteiger partial charge in [0.1, 0.15) is 5.54 Å². The predicted molar refractivity (Wildman–Crippen MR) is 63.1 cm³/mol. The molecule has 1 rings (SSSR count). The lowest BCUT2D eigenvalue weighted by Gasteiger charge is -2.14. The van der Waals surface area contributed by atoms with Crippen molar-refractivity contribution in [3.05, 3.63) is 28.7 Å². The fourth-order valence-electron chi connectivity index (χ4n) is 0.822. The first-order valence-corrected chi connectivity index (χ1v) is 5.90. The third-order valence-electron chi connectivity index (χ3n) is 1.62. The quantitative estimate of drug-likeness (QED) is 0.860. The molecule has 0 fully saturated rings. The Bertz CT molecular complexity index is 357. The molecule has 0 saturated heterocycles. The Morgan fingerprint density at radius 1 is 1.57 bits per heavy atom. The van der Waals surface area contributed by atoms with E-state index < -0.39 is 5.54 Å². The maximum absolute atomic E-state index is 8.74. The second-order valence-corrected chi connectivity index (χ2v) is 5.12. The zero-order valence-corrected chi connectivity index (χ0v) is 10.2. The zero-order valence-electron chi connectivity index (χ0n) is 7.83. The van der Waals surface area contributed by atoms with Crippen LogP contribution in [0.15, 0.2) is 33.6 Å². The third kappa shape index (κ3) is 3.33. The molecule has 0 amide bonds. The lowest BCUT2D eigenvalue weighted by Crippen LogP contribution is -2.36. The number of nitrogens with zero attached hydrogens (tertiary/aromatic N) is 1. The van der Waals surface area contributed by atoms with Gasteiger partial charge < -0.3 is 5.73 Å². The fourth-order valence-corrected chi connectivity index (χ4v) is 2.35. The molecule has 0 radical (unpaired) electrons. The van der Waals surface area contributed by atoms with Gasteiger partial charge in [-0.3, -0.25) is 0 Å². The molecule has 0 aliphatic heterocycles. The first-order valence-electron chi connectivity index (χ1n) is 4.12. The second-order valence-electron chi connectivity index (χ2n) is 3.25. The van der Waals surface area contributed by atoms with Crippen LogP contribution in [0.4, 0.5) is 0 Å². The van der Waals surface area contributed by atoms with E-state index >= 15 is 0 Å². The van der Waals surface area contributed by atoms with Crippen LogP contribution in [0.25, 0.3) is 0 Å². The van der Waals surface area contributed by atoms with E-state index in [1.807, 2.05) is 24.3 Å². The van der Waals surface area contributed by atoms with Gasteiger partial charge in [-0.2, -0.15) is 5.26 Å². The first-order chi connectivity index (χ1) is 6.55. The van der Waals surface area contributed by atoms with E-state index in [-0.39, 0.29) is 0 Å². The summed E-state index contributed by atoms with van der Waals surface area (Å²) in [5, 5.41) is 8.74. The van der Waals surface area contributed by atoms with E-state index in [0.29, 0.717) is 5.75 Å². The highest BCUT2D eigenvalue weighted by molar-refractivity contribution is 9.10. The normalized spacial score (nSPS) is 14.4. The molecule has 1 aromatic rings. The van der Waals surface area contributed by atoms with Crippen molar-refractivity contribution < 1.29 is 0 Å². The van der Waals surface area contributed by atoms with E-state index in [1.54, 1.807) is 18.7 Å². The lowest BCUT2D eigenvalue weighted by atomic mass is 10.1. The third-order valence-corrected chi connectivity index (χ3v) is 3.98. The summed E-state index contributed by atoms with van der Waals surface area (Å²) in [5.41, 5.74) is 4.95. The van der Waals surface area contributed by atoms with E-state index in [9.17, 15) is 0 Å². The van der Waals surface area contributed by atoms with Gasteiger partial charge in [0.25, 0.3) is 0 Å². The van der Waals surface area contributed by atoms with E-state index in [0.717, 1.165) is 9.37 Å². The number of halogens is 1. The monoisotopic (exact) mass is 270 g/mol. The summed E-state index contributed by atoms with van der Waals surface area (Å²) in [6, 6.07) is 9.97. The van der Waals surface area contributed by atoms with Crippen molar-refractivity contribution in [1.82, 2.24) is 0 Å². The van der Waals surface area contributed by atoms with Gasteiger partial charge in [-0.1, -0.05) is 12.1 Å². The topological polar surface area (TPSA) is 49.8 Å². The predicted octanol–water partition coefficient (Wildman–Crippen LogP) is 2.78. The van der Waals surface area contributed by atoms with Gasteiger partial charge in [0, 0.05) is 15.1 Å². The van der Waals surface area contributed by atoms with Crippen LogP contribution in [-0.4, -0.2) is 11.3 Å². The molecule has 0 spiro atoms. The number of benzene rings is 1. The smallest absolute Gasteiger partial charge is 0.110 e. The molecule has 0 aliphatic carbocycles. The van der Waals surface area contributed by atoms with Crippen molar-refractivity contribution in [1.29, 1.82) is 5.26 Å². The van der Waals surface area contributed by atoms with Crippen LogP contribution in [0.5, 0.6) is 0 Å². The minimum Gasteiger partial charge on any atom is -0.313 e. The number of hydrogen-bond donors (Lipinski definition) is 1. The van der Waals surface area contributed by atoms with Crippen molar-refractivity contribution >= 4 is 27.7 Å². The molecule has 0 saturated carbocycles. The summed E-state index contributed by atoms with van der Waals surface area (Å²) in [4.78, 5) is 1.11. The van der Waals surface area contributed by atoms with Gasteiger partial charge in [0.05, 0.1) is 6.07 Å². The molecule has 0 heterocycles. The Labute approximate surface area is 96.6 Å². The summed E-state index contributed by atoms with van der Waals surface area (Å²) in [6.45, 7) is 1.73. The van der Waals surface area contributed by atoms with Crippen LogP contribution in [0.2, 0.25) is 0 Å². The highest BCUT2D eigenvalue weighted by atomic mass is 79.9. The molecule has 0 aromatic heterocycles. The van der Waals surface area contributed by atoms with Gasteiger partial charge in [-0.05, 0) is 35.0 Å². The van der Waals surface area contributed by atoms with Crippen molar-refractivity contribution in [2.45, 2.75) is 17.4 Å². The standard InChI is InChI=1S/C10H11BrN2S/c1-10(13,6-12)7-14-9-5-3-2-4-8(9)11/h2-5H,7,13H2,1H3. The van der Waals surface area contributed by atoms with Crippen molar-refractivity contribution in [2.75, 3.05) is 5.75 Å². The van der Waals surface area contributed by atoms with Crippen molar-refractivity contribution in [3.63, 3.8) is 0 Å². The molecule has 2 N–H and O–H groups in total. The lowest BCUT2D eigenvalue weighted by molar-refractivity contribution is 0.682. The van der Waals surface area contributed by atoms with Crippen LogP contribution in [0.1, 0.15) is 6.92 Å². The minimum atomic E-state index is -0.764. The zero-order chi connectivity index (χ0) is 10.6. The second kappa shape index (κ2) is 4.83. The first kappa shape index (κ1) is 11.6. The van der Waals surface area contributed by atoms with E-state index in [2.05, 4.69) is 22.0 Å². The van der Waals surface area contributed by atoms with Gasteiger partial charge >= 0.3 is 0 Å². The molecule has 74 valence electrons. The number of thioether (sulfide) groups is 1. The Hall–Kier alpha value is -0.500. The number of hydrogen-bond acceptors (Lipinski definition) is 3. The fraction of sp³-hybridized carbons (Fsp3) is 0.300. The maximum atomic E-state index is 8.74. The molecule has 1 aromatic carbocycles. The van der Waals surface area contributed by atoms with Gasteiger partial charge in [0.2, 0.25) is 0 Å². The van der Waals surface area contributed by atoms with Crippen LogP contribution in [0.3, 0.4) is 0 Å². The number of nitriles is 1. The Morgan fingerprint density at radius 3 is 2.79 bits per heavy atom. The Balaban J connectivity index is 2.64. The minimum absolute atomic E-state index is 0.589. The summed E-state index contributed by atoms with van der Waals surface area (Å²) < 4.78 is 1.04. The van der Waals surface area contributed by atoms with Crippen molar-refractivity contribution in [3.8, 4) is 6.07 Å². The molecular weight excluding hydrogens is 260 g/mol. The summed E-state index contributed by atoms with van der Waals surface area (Å²) in [7, 11) is 0. The highest BCUT2D eigenvalue weighted by Gasteiger charge is 2.17. The number of nitrogens with two attached hydrogens (primary N) is 1. The molecule has 2 nitrogen and oxygen atoms in total.